The van der Waals surface area contributed by atoms with Crippen LogP contribution < -0.4 is 5.32 Å². The van der Waals surface area contributed by atoms with Crippen molar-refractivity contribution >= 4 is 17.6 Å². The molecule has 1 unspecified atom stereocenters. The molecule has 2 heterocycles. The van der Waals surface area contributed by atoms with E-state index in [0.29, 0.717) is 18.7 Å². The fourth-order valence-electron chi connectivity index (χ4n) is 4.15. The SMILES string of the molecule is CN1CCC(C2(O)c3ccc(F)cc3NCC2(C)C)CC1.O=C(O)/C=C/C(=O)O. The van der Waals surface area contributed by atoms with Crippen LogP contribution in [-0.4, -0.2) is 58.8 Å². The predicted octanol–water partition coefficient (Wildman–Crippen LogP) is 2.52. The van der Waals surface area contributed by atoms with Crippen LogP contribution in [0.4, 0.5) is 10.1 Å². The molecule has 7 nitrogen and oxygen atoms in total. The highest BCUT2D eigenvalue weighted by Crippen LogP contribution is 2.53. The van der Waals surface area contributed by atoms with Gasteiger partial charge >= 0.3 is 11.9 Å². The number of hydrogen-bond donors (Lipinski definition) is 4. The highest BCUT2D eigenvalue weighted by Gasteiger charge is 2.53. The van der Waals surface area contributed by atoms with Crippen LogP contribution in [0.5, 0.6) is 0 Å². The molecule has 29 heavy (non-hydrogen) atoms. The molecule has 1 fully saturated rings. The van der Waals surface area contributed by atoms with Gasteiger partial charge in [0.15, 0.2) is 0 Å². The fraction of sp³-hybridized carbons (Fsp3) is 0.524. The van der Waals surface area contributed by atoms with Crippen molar-refractivity contribution in [1.29, 1.82) is 0 Å². The van der Waals surface area contributed by atoms with Crippen molar-refractivity contribution in [2.45, 2.75) is 32.3 Å². The Balaban J connectivity index is 0.000000321. The summed E-state index contributed by atoms with van der Waals surface area (Å²) in [5.41, 5.74) is 0.423. The highest BCUT2D eigenvalue weighted by molar-refractivity contribution is 5.89. The number of rotatable bonds is 3. The van der Waals surface area contributed by atoms with Gasteiger partial charge in [0.05, 0.1) is 0 Å². The first-order valence-electron chi connectivity index (χ1n) is 9.56. The van der Waals surface area contributed by atoms with Gasteiger partial charge in [-0.1, -0.05) is 19.9 Å². The number of benzene rings is 1. The van der Waals surface area contributed by atoms with E-state index >= 15 is 0 Å². The maximum atomic E-state index is 13.5. The summed E-state index contributed by atoms with van der Waals surface area (Å²) in [6.45, 7) is 6.88. The van der Waals surface area contributed by atoms with E-state index in [1.54, 1.807) is 6.07 Å². The van der Waals surface area contributed by atoms with Gasteiger partial charge in [-0.3, -0.25) is 0 Å². The van der Waals surface area contributed by atoms with Crippen LogP contribution in [-0.2, 0) is 15.2 Å². The van der Waals surface area contributed by atoms with Gasteiger partial charge in [-0.25, -0.2) is 14.0 Å². The normalized spacial score (nSPS) is 24.2. The fourth-order valence-corrected chi connectivity index (χ4v) is 4.15. The maximum absolute atomic E-state index is 13.5. The Morgan fingerprint density at radius 3 is 2.24 bits per heavy atom. The second kappa shape index (κ2) is 8.92. The first kappa shape index (κ1) is 22.8. The summed E-state index contributed by atoms with van der Waals surface area (Å²) < 4.78 is 13.5. The minimum atomic E-state index is -1.26. The first-order valence-corrected chi connectivity index (χ1v) is 9.56. The minimum Gasteiger partial charge on any atom is -0.478 e. The number of aliphatic hydroxyl groups is 1. The van der Waals surface area contributed by atoms with Gasteiger partial charge in [0, 0.05) is 35.4 Å². The Labute approximate surface area is 169 Å². The smallest absolute Gasteiger partial charge is 0.328 e. The Kier molecular flexibility index (Phi) is 7.02. The summed E-state index contributed by atoms with van der Waals surface area (Å²) in [6.07, 6.45) is 3.07. The van der Waals surface area contributed by atoms with Crippen LogP contribution in [0.2, 0.25) is 0 Å². The van der Waals surface area contributed by atoms with E-state index in [1.807, 2.05) is 0 Å². The number of carboxylic acids is 2. The molecule has 0 amide bonds. The number of hydrogen-bond acceptors (Lipinski definition) is 5. The maximum Gasteiger partial charge on any atom is 0.328 e. The molecule has 0 aliphatic carbocycles. The first-order chi connectivity index (χ1) is 13.5. The Hall–Kier alpha value is -2.45. The average Bonchev–Trinajstić information content (AvgIpc) is 2.64. The van der Waals surface area contributed by atoms with Crippen molar-refractivity contribution in [3.8, 4) is 0 Å². The molecule has 4 N–H and O–H groups in total. The van der Waals surface area contributed by atoms with Gasteiger partial charge in [0.2, 0.25) is 0 Å². The lowest BCUT2D eigenvalue weighted by Crippen LogP contribution is -2.56. The molecule has 2 aliphatic heterocycles. The third-order valence-electron chi connectivity index (χ3n) is 5.82. The van der Waals surface area contributed by atoms with Crippen LogP contribution in [0.15, 0.2) is 30.4 Å². The van der Waals surface area contributed by atoms with Crippen molar-refractivity contribution in [2.75, 3.05) is 32.0 Å². The van der Waals surface area contributed by atoms with Gasteiger partial charge < -0.3 is 25.5 Å². The van der Waals surface area contributed by atoms with Gasteiger partial charge in [-0.15, -0.1) is 0 Å². The van der Waals surface area contributed by atoms with Crippen LogP contribution in [0.1, 0.15) is 32.3 Å². The molecule has 1 atom stereocenters. The van der Waals surface area contributed by atoms with E-state index in [9.17, 15) is 19.1 Å². The molecule has 3 rings (SSSR count). The monoisotopic (exact) mass is 408 g/mol. The van der Waals surface area contributed by atoms with Crippen molar-refractivity contribution in [3.63, 3.8) is 0 Å². The number of aliphatic carboxylic acids is 2. The summed E-state index contributed by atoms with van der Waals surface area (Å²) in [6, 6.07) is 4.73. The number of nitrogens with one attached hydrogen (secondary N) is 1. The molecule has 0 saturated carbocycles. The second-order valence-corrected chi connectivity index (χ2v) is 8.28. The van der Waals surface area contributed by atoms with E-state index in [1.165, 1.54) is 12.1 Å². The van der Waals surface area contributed by atoms with E-state index < -0.39 is 17.5 Å². The molecule has 8 heteroatoms. The molecule has 1 saturated heterocycles. The molecule has 1 aromatic carbocycles. The van der Waals surface area contributed by atoms with Crippen LogP contribution in [0.25, 0.3) is 0 Å². The Morgan fingerprint density at radius 2 is 1.72 bits per heavy atom. The minimum absolute atomic E-state index is 0.218. The van der Waals surface area contributed by atoms with Gasteiger partial charge in [0.1, 0.15) is 11.4 Å². The second-order valence-electron chi connectivity index (χ2n) is 8.28. The zero-order valence-corrected chi connectivity index (χ0v) is 17.0. The highest BCUT2D eigenvalue weighted by atomic mass is 19.1. The van der Waals surface area contributed by atoms with Crippen LogP contribution >= 0.6 is 0 Å². The number of carboxylic acid groups (broad SMARTS) is 2. The van der Waals surface area contributed by atoms with Crippen molar-refractivity contribution in [3.05, 3.63) is 41.7 Å². The Bertz CT molecular complexity index is 771. The quantitative estimate of drug-likeness (QED) is 0.569. The summed E-state index contributed by atoms with van der Waals surface area (Å²) in [5, 5.41) is 30.6. The molecular weight excluding hydrogens is 379 g/mol. The average molecular weight is 408 g/mol. The summed E-state index contributed by atoms with van der Waals surface area (Å²) in [4.78, 5) is 21.4. The molecule has 0 aromatic heterocycles. The van der Waals surface area contributed by atoms with Crippen molar-refractivity contribution in [2.24, 2.45) is 11.3 Å². The number of anilines is 1. The molecule has 0 bridgehead atoms. The molecular formula is C21H29FN2O5. The largest absolute Gasteiger partial charge is 0.478 e. The van der Waals surface area contributed by atoms with Crippen molar-refractivity contribution < 1.29 is 29.3 Å². The zero-order valence-electron chi connectivity index (χ0n) is 17.0. The van der Waals surface area contributed by atoms with Gasteiger partial charge in [-0.2, -0.15) is 0 Å². The van der Waals surface area contributed by atoms with Crippen LogP contribution in [0.3, 0.4) is 0 Å². The molecule has 2 aliphatic rings. The lowest BCUT2D eigenvalue weighted by molar-refractivity contribution is -0.134. The number of nitrogens with zero attached hydrogens (tertiary/aromatic N) is 1. The number of likely N-dealkylation sites (tertiary alicyclic amines) is 1. The molecule has 0 spiro atoms. The third-order valence-corrected chi connectivity index (χ3v) is 5.82. The molecule has 160 valence electrons. The molecule has 1 aromatic rings. The zero-order chi connectivity index (χ0) is 21.8. The summed E-state index contributed by atoms with van der Waals surface area (Å²) >= 11 is 0. The Morgan fingerprint density at radius 1 is 1.17 bits per heavy atom. The topological polar surface area (TPSA) is 110 Å². The third kappa shape index (κ3) is 5.13. The van der Waals surface area contributed by atoms with E-state index in [-0.39, 0.29) is 17.2 Å². The number of carbonyl (C=O) groups is 2. The van der Waals surface area contributed by atoms with Gasteiger partial charge in [0.25, 0.3) is 0 Å². The number of piperidine rings is 1. The van der Waals surface area contributed by atoms with E-state index in [4.69, 9.17) is 10.2 Å². The lowest BCUT2D eigenvalue weighted by Gasteiger charge is -2.53. The van der Waals surface area contributed by atoms with Crippen LogP contribution in [0, 0.1) is 17.2 Å². The predicted molar refractivity (Wildman–Crippen MR) is 107 cm³/mol. The summed E-state index contributed by atoms with van der Waals surface area (Å²) in [7, 11) is 2.12. The standard InChI is InChI=1S/C17H25FN2O.C4H4O4/c1-16(2)11-19-15-10-13(18)4-5-14(15)17(16,21)12-6-8-20(3)9-7-12;5-3(6)1-2-4(7)8/h4-5,10,12,19,21H,6-9,11H2,1-3H3;1-2H,(H,5,6)(H,7,8)/b;2-1+. The number of halogens is 1. The van der Waals surface area contributed by atoms with E-state index in [2.05, 4.69) is 31.1 Å². The van der Waals surface area contributed by atoms with Crippen molar-refractivity contribution in [1.82, 2.24) is 4.90 Å². The van der Waals surface area contributed by atoms with E-state index in [0.717, 1.165) is 37.2 Å². The van der Waals surface area contributed by atoms with Gasteiger partial charge in [-0.05, 0) is 51.0 Å². The summed E-state index contributed by atoms with van der Waals surface area (Å²) in [5.74, 6) is -2.55. The number of fused-ring (bicyclic) bond motifs is 1. The molecule has 0 radical (unpaired) electrons. The lowest BCUT2D eigenvalue weighted by atomic mass is 9.60.